The van der Waals surface area contributed by atoms with Crippen LogP contribution in [0.1, 0.15) is 15.4 Å². The highest BCUT2D eigenvalue weighted by Crippen LogP contribution is 2.29. The molecular formula is C13H8ClFN2O2S. The SMILES string of the molecule is Cc1c(C(=O)O)sc2nc(-c3ccc(F)c(Cl)c3)cn12. The minimum atomic E-state index is -0.968. The molecule has 0 aliphatic carbocycles. The van der Waals surface area contributed by atoms with Gasteiger partial charge in [0.2, 0.25) is 0 Å². The van der Waals surface area contributed by atoms with Crippen molar-refractivity contribution < 1.29 is 14.3 Å². The molecule has 0 unspecified atom stereocenters. The van der Waals surface area contributed by atoms with E-state index in [9.17, 15) is 9.18 Å². The van der Waals surface area contributed by atoms with Crippen LogP contribution in [0.3, 0.4) is 0 Å². The van der Waals surface area contributed by atoms with Crippen molar-refractivity contribution in [1.29, 1.82) is 0 Å². The standard InChI is InChI=1S/C13H8ClFN2O2S/c1-6-11(12(18)19)20-13-16-10(5-17(6)13)7-2-3-9(15)8(14)4-7/h2-5H,1H3,(H,18,19). The second-order valence-electron chi connectivity index (χ2n) is 4.23. The first-order valence-corrected chi connectivity index (χ1v) is 6.84. The number of fused-ring (bicyclic) bond motifs is 1. The lowest BCUT2D eigenvalue weighted by atomic mass is 10.2. The number of hydrogen-bond acceptors (Lipinski definition) is 3. The molecule has 2 aromatic heterocycles. The average Bonchev–Trinajstić information content (AvgIpc) is 2.93. The van der Waals surface area contributed by atoms with Gasteiger partial charge in [-0.1, -0.05) is 22.9 Å². The lowest BCUT2D eigenvalue weighted by Gasteiger charge is -1.98. The summed E-state index contributed by atoms with van der Waals surface area (Å²) in [5, 5.41) is 9.08. The van der Waals surface area contributed by atoms with E-state index in [0.29, 0.717) is 21.9 Å². The highest BCUT2D eigenvalue weighted by Gasteiger charge is 2.17. The molecule has 0 aliphatic rings. The van der Waals surface area contributed by atoms with Gasteiger partial charge in [0.25, 0.3) is 0 Å². The lowest BCUT2D eigenvalue weighted by Crippen LogP contribution is -1.96. The van der Waals surface area contributed by atoms with E-state index >= 15 is 0 Å². The zero-order chi connectivity index (χ0) is 14.4. The first-order chi connectivity index (χ1) is 9.47. The number of carboxylic acids is 1. The van der Waals surface area contributed by atoms with E-state index in [1.807, 2.05) is 0 Å². The van der Waals surface area contributed by atoms with Crippen LogP contribution >= 0.6 is 22.9 Å². The van der Waals surface area contributed by atoms with E-state index in [2.05, 4.69) is 4.98 Å². The van der Waals surface area contributed by atoms with Crippen LogP contribution < -0.4 is 0 Å². The number of aromatic nitrogens is 2. The van der Waals surface area contributed by atoms with Gasteiger partial charge < -0.3 is 5.11 Å². The zero-order valence-electron chi connectivity index (χ0n) is 10.2. The summed E-state index contributed by atoms with van der Waals surface area (Å²) in [5.74, 6) is -1.45. The molecule has 102 valence electrons. The second kappa shape index (κ2) is 4.57. The van der Waals surface area contributed by atoms with Crippen molar-refractivity contribution in [2.24, 2.45) is 0 Å². The third kappa shape index (κ3) is 1.97. The second-order valence-corrected chi connectivity index (χ2v) is 5.61. The fourth-order valence-corrected chi connectivity index (χ4v) is 3.07. The normalized spacial score (nSPS) is 11.2. The van der Waals surface area contributed by atoms with Crippen LogP contribution in [0, 0.1) is 12.7 Å². The smallest absolute Gasteiger partial charge is 0.347 e. The number of carbonyl (C=O) groups is 1. The average molecular weight is 311 g/mol. The lowest BCUT2D eigenvalue weighted by molar-refractivity contribution is 0.0701. The molecule has 20 heavy (non-hydrogen) atoms. The molecule has 0 radical (unpaired) electrons. The number of halogens is 2. The Bertz CT molecular complexity index is 840. The molecule has 0 saturated heterocycles. The maximum atomic E-state index is 13.1. The number of thiazole rings is 1. The van der Waals surface area contributed by atoms with Crippen LogP contribution in [-0.4, -0.2) is 20.5 Å². The van der Waals surface area contributed by atoms with Crippen molar-refractivity contribution in [3.63, 3.8) is 0 Å². The molecule has 3 aromatic rings. The van der Waals surface area contributed by atoms with Crippen molar-refractivity contribution in [3.8, 4) is 11.3 Å². The first kappa shape index (κ1) is 13.1. The molecule has 1 N–H and O–H groups in total. The molecule has 0 aliphatic heterocycles. The van der Waals surface area contributed by atoms with E-state index in [0.717, 1.165) is 11.3 Å². The van der Waals surface area contributed by atoms with Gasteiger partial charge in [-0.05, 0) is 25.1 Å². The van der Waals surface area contributed by atoms with Gasteiger partial charge in [0.05, 0.1) is 10.7 Å². The Morgan fingerprint density at radius 1 is 1.50 bits per heavy atom. The molecule has 0 amide bonds. The fraction of sp³-hybridized carbons (Fsp3) is 0.0769. The van der Waals surface area contributed by atoms with Crippen molar-refractivity contribution in [3.05, 3.63) is 45.8 Å². The molecule has 0 bridgehead atoms. The third-order valence-electron chi connectivity index (χ3n) is 2.97. The molecule has 2 heterocycles. The van der Waals surface area contributed by atoms with E-state index in [4.69, 9.17) is 16.7 Å². The van der Waals surface area contributed by atoms with Crippen LogP contribution in [0.2, 0.25) is 5.02 Å². The first-order valence-electron chi connectivity index (χ1n) is 5.64. The molecule has 0 saturated carbocycles. The summed E-state index contributed by atoms with van der Waals surface area (Å²) >= 11 is 6.85. The molecule has 0 fully saturated rings. The van der Waals surface area contributed by atoms with E-state index in [1.54, 1.807) is 23.6 Å². The number of aryl methyl sites for hydroxylation is 1. The summed E-state index contributed by atoms with van der Waals surface area (Å²) in [5.41, 5.74) is 1.92. The fourth-order valence-electron chi connectivity index (χ4n) is 1.94. The number of hydrogen-bond donors (Lipinski definition) is 1. The largest absolute Gasteiger partial charge is 0.477 e. The predicted molar refractivity (Wildman–Crippen MR) is 75.2 cm³/mol. The Labute approximate surface area is 122 Å². The summed E-state index contributed by atoms with van der Waals surface area (Å²) in [6, 6.07) is 4.36. The highest BCUT2D eigenvalue weighted by atomic mass is 35.5. The molecule has 4 nitrogen and oxygen atoms in total. The van der Waals surface area contributed by atoms with Gasteiger partial charge in [0.15, 0.2) is 4.96 Å². The summed E-state index contributed by atoms with van der Waals surface area (Å²) in [7, 11) is 0. The van der Waals surface area contributed by atoms with E-state index in [1.165, 1.54) is 12.1 Å². The maximum Gasteiger partial charge on any atom is 0.347 e. The van der Waals surface area contributed by atoms with Crippen LogP contribution in [-0.2, 0) is 0 Å². The summed E-state index contributed by atoms with van der Waals surface area (Å²) < 4.78 is 14.9. The minimum absolute atomic E-state index is 0.0294. The van der Waals surface area contributed by atoms with Gasteiger partial charge in [-0.25, -0.2) is 14.2 Å². The predicted octanol–water partition coefficient (Wildman–Crippen LogP) is 3.86. The number of carboxylic acid groups (broad SMARTS) is 1. The molecule has 0 atom stereocenters. The van der Waals surface area contributed by atoms with Crippen molar-refractivity contribution in [1.82, 2.24) is 9.38 Å². The summed E-state index contributed by atoms with van der Waals surface area (Å²) in [6.45, 7) is 1.72. The van der Waals surface area contributed by atoms with Gasteiger partial charge in [0, 0.05) is 17.5 Å². The number of benzene rings is 1. The topological polar surface area (TPSA) is 54.6 Å². The van der Waals surface area contributed by atoms with Crippen LogP contribution in [0.15, 0.2) is 24.4 Å². The van der Waals surface area contributed by atoms with Crippen LogP contribution in [0.4, 0.5) is 4.39 Å². The Balaban J connectivity index is 2.14. The third-order valence-corrected chi connectivity index (χ3v) is 4.40. The minimum Gasteiger partial charge on any atom is -0.477 e. The Hall–Kier alpha value is -1.92. The quantitative estimate of drug-likeness (QED) is 0.782. The van der Waals surface area contributed by atoms with E-state index < -0.39 is 11.8 Å². The molecular weight excluding hydrogens is 303 g/mol. The van der Waals surface area contributed by atoms with Gasteiger partial charge in [-0.3, -0.25) is 4.40 Å². The number of nitrogens with zero attached hydrogens (tertiary/aromatic N) is 2. The molecule has 1 aromatic carbocycles. The molecule has 7 heteroatoms. The van der Waals surface area contributed by atoms with Gasteiger partial charge in [0.1, 0.15) is 10.7 Å². The molecule has 0 spiro atoms. The Morgan fingerprint density at radius 3 is 2.85 bits per heavy atom. The van der Waals surface area contributed by atoms with Gasteiger partial charge in [-0.2, -0.15) is 0 Å². The van der Waals surface area contributed by atoms with Crippen molar-refractivity contribution in [2.45, 2.75) is 6.92 Å². The van der Waals surface area contributed by atoms with Gasteiger partial charge >= 0.3 is 5.97 Å². The number of rotatable bonds is 2. The molecule has 3 rings (SSSR count). The monoisotopic (exact) mass is 310 g/mol. The van der Waals surface area contributed by atoms with Crippen molar-refractivity contribution in [2.75, 3.05) is 0 Å². The summed E-state index contributed by atoms with van der Waals surface area (Å²) in [4.78, 5) is 16.2. The van der Waals surface area contributed by atoms with Crippen LogP contribution in [0.25, 0.3) is 16.2 Å². The Kier molecular flexibility index (Phi) is 2.99. The highest BCUT2D eigenvalue weighted by molar-refractivity contribution is 7.19. The van der Waals surface area contributed by atoms with Crippen molar-refractivity contribution >= 4 is 33.9 Å². The zero-order valence-corrected chi connectivity index (χ0v) is 11.8. The Morgan fingerprint density at radius 2 is 2.25 bits per heavy atom. The van der Waals surface area contributed by atoms with Crippen LogP contribution in [0.5, 0.6) is 0 Å². The van der Waals surface area contributed by atoms with Gasteiger partial charge in [-0.15, -0.1) is 0 Å². The van der Waals surface area contributed by atoms with E-state index in [-0.39, 0.29) is 9.90 Å². The summed E-state index contributed by atoms with van der Waals surface area (Å²) in [6.07, 6.45) is 1.72. The maximum absolute atomic E-state index is 13.1. The number of aromatic carboxylic acids is 1. The number of imidazole rings is 1.